The van der Waals surface area contributed by atoms with Crippen LogP contribution in [0.3, 0.4) is 0 Å². The smallest absolute Gasteiger partial charge is 0.321 e. The first-order chi connectivity index (χ1) is 11.4. The molecule has 0 aliphatic carbocycles. The fourth-order valence-corrected chi connectivity index (χ4v) is 3.43. The SMILES string of the molecule is CS(=O)(=O)N1CCN(C(=O)Nc2cccc(-c3ccn[nH]3)c2)CC1. The third kappa shape index (κ3) is 3.74. The second kappa shape index (κ2) is 6.62. The van der Waals surface area contributed by atoms with Gasteiger partial charge in [0.25, 0.3) is 0 Å². The van der Waals surface area contributed by atoms with Crippen molar-refractivity contribution in [1.82, 2.24) is 19.4 Å². The van der Waals surface area contributed by atoms with E-state index in [1.807, 2.05) is 30.3 Å². The maximum atomic E-state index is 12.3. The van der Waals surface area contributed by atoms with Crippen molar-refractivity contribution < 1.29 is 13.2 Å². The second-order valence-corrected chi connectivity index (χ2v) is 7.61. The summed E-state index contributed by atoms with van der Waals surface area (Å²) in [6.45, 7) is 1.39. The van der Waals surface area contributed by atoms with Gasteiger partial charge in [0.1, 0.15) is 0 Å². The van der Waals surface area contributed by atoms with Gasteiger partial charge >= 0.3 is 6.03 Å². The van der Waals surface area contributed by atoms with Crippen molar-refractivity contribution in [3.05, 3.63) is 36.5 Å². The van der Waals surface area contributed by atoms with E-state index < -0.39 is 10.0 Å². The average molecular weight is 349 g/mol. The van der Waals surface area contributed by atoms with Crippen LogP contribution in [-0.4, -0.2) is 66.3 Å². The lowest BCUT2D eigenvalue weighted by Gasteiger charge is -2.33. The van der Waals surface area contributed by atoms with E-state index in [0.717, 1.165) is 11.3 Å². The van der Waals surface area contributed by atoms with Gasteiger partial charge in [0.05, 0.1) is 11.9 Å². The van der Waals surface area contributed by atoms with Crippen LogP contribution >= 0.6 is 0 Å². The van der Waals surface area contributed by atoms with Gasteiger partial charge in [-0.15, -0.1) is 0 Å². The molecule has 1 aromatic carbocycles. The number of piperazine rings is 1. The van der Waals surface area contributed by atoms with E-state index in [0.29, 0.717) is 31.9 Å². The number of sulfonamides is 1. The molecule has 1 fully saturated rings. The molecule has 0 unspecified atom stereocenters. The molecule has 1 aliphatic heterocycles. The molecule has 128 valence electrons. The number of aromatic amines is 1. The van der Waals surface area contributed by atoms with E-state index in [2.05, 4.69) is 15.5 Å². The van der Waals surface area contributed by atoms with Gasteiger partial charge in [0.2, 0.25) is 10.0 Å². The highest BCUT2D eigenvalue weighted by Gasteiger charge is 2.26. The van der Waals surface area contributed by atoms with Gasteiger partial charge in [-0.3, -0.25) is 5.10 Å². The monoisotopic (exact) mass is 349 g/mol. The van der Waals surface area contributed by atoms with Crippen molar-refractivity contribution in [3.63, 3.8) is 0 Å². The molecular formula is C15H19N5O3S. The summed E-state index contributed by atoms with van der Waals surface area (Å²) in [5.74, 6) is 0. The van der Waals surface area contributed by atoms with Crippen molar-refractivity contribution in [2.24, 2.45) is 0 Å². The van der Waals surface area contributed by atoms with Gasteiger partial charge in [-0.05, 0) is 18.2 Å². The highest BCUT2D eigenvalue weighted by atomic mass is 32.2. The molecule has 2 aromatic rings. The lowest BCUT2D eigenvalue weighted by molar-refractivity contribution is 0.184. The Balaban J connectivity index is 1.63. The number of aromatic nitrogens is 2. The molecular weight excluding hydrogens is 330 g/mol. The molecule has 3 rings (SSSR count). The number of anilines is 1. The molecule has 0 saturated carbocycles. The summed E-state index contributed by atoms with van der Waals surface area (Å²) in [6.07, 6.45) is 2.85. The van der Waals surface area contributed by atoms with Gasteiger partial charge < -0.3 is 10.2 Å². The van der Waals surface area contributed by atoms with Crippen LogP contribution in [0.25, 0.3) is 11.3 Å². The quantitative estimate of drug-likeness (QED) is 0.869. The Hall–Kier alpha value is -2.39. The second-order valence-electron chi connectivity index (χ2n) is 5.63. The first-order valence-corrected chi connectivity index (χ1v) is 9.39. The van der Waals surface area contributed by atoms with Gasteiger partial charge in [-0.2, -0.15) is 9.40 Å². The van der Waals surface area contributed by atoms with E-state index in [4.69, 9.17) is 0 Å². The summed E-state index contributed by atoms with van der Waals surface area (Å²) in [4.78, 5) is 14.0. The number of amides is 2. The first-order valence-electron chi connectivity index (χ1n) is 7.54. The maximum Gasteiger partial charge on any atom is 0.321 e. The minimum absolute atomic E-state index is 0.232. The molecule has 2 heterocycles. The zero-order chi connectivity index (χ0) is 17.2. The van der Waals surface area contributed by atoms with Crippen molar-refractivity contribution in [2.75, 3.05) is 37.8 Å². The predicted molar refractivity (Wildman–Crippen MR) is 91.0 cm³/mol. The number of rotatable bonds is 3. The Morgan fingerprint density at radius 3 is 2.58 bits per heavy atom. The topological polar surface area (TPSA) is 98.4 Å². The lowest BCUT2D eigenvalue weighted by atomic mass is 10.1. The highest BCUT2D eigenvalue weighted by Crippen LogP contribution is 2.20. The summed E-state index contributed by atoms with van der Waals surface area (Å²) in [6, 6.07) is 9.07. The number of benzene rings is 1. The largest absolute Gasteiger partial charge is 0.322 e. The van der Waals surface area contributed by atoms with E-state index in [1.165, 1.54) is 10.6 Å². The Labute approximate surface area is 140 Å². The fraction of sp³-hybridized carbons (Fsp3) is 0.333. The number of nitrogens with one attached hydrogen (secondary N) is 2. The van der Waals surface area contributed by atoms with Crippen LogP contribution in [0.15, 0.2) is 36.5 Å². The Bertz CT molecular complexity index is 811. The fourth-order valence-electron chi connectivity index (χ4n) is 2.61. The molecule has 2 N–H and O–H groups in total. The molecule has 0 spiro atoms. The minimum atomic E-state index is -3.20. The van der Waals surface area contributed by atoms with Crippen LogP contribution < -0.4 is 5.32 Å². The summed E-state index contributed by atoms with van der Waals surface area (Å²) < 4.78 is 24.4. The van der Waals surface area contributed by atoms with E-state index in [9.17, 15) is 13.2 Å². The number of carbonyl (C=O) groups excluding carboxylic acids is 1. The molecule has 24 heavy (non-hydrogen) atoms. The van der Waals surface area contributed by atoms with Crippen molar-refractivity contribution in [1.29, 1.82) is 0 Å². The lowest BCUT2D eigenvalue weighted by Crippen LogP contribution is -2.51. The number of carbonyl (C=O) groups is 1. The van der Waals surface area contributed by atoms with Crippen LogP contribution in [0.4, 0.5) is 10.5 Å². The van der Waals surface area contributed by atoms with Crippen LogP contribution in [0.2, 0.25) is 0 Å². The molecule has 9 heteroatoms. The summed E-state index contributed by atoms with van der Waals surface area (Å²) in [7, 11) is -3.20. The first kappa shape index (κ1) is 16.5. The van der Waals surface area contributed by atoms with Crippen molar-refractivity contribution >= 4 is 21.7 Å². The number of hydrogen-bond acceptors (Lipinski definition) is 4. The number of hydrogen-bond donors (Lipinski definition) is 2. The average Bonchev–Trinajstić information content (AvgIpc) is 3.09. The summed E-state index contributed by atoms with van der Waals surface area (Å²) in [5.41, 5.74) is 2.47. The minimum Gasteiger partial charge on any atom is -0.322 e. The van der Waals surface area contributed by atoms with Gasteiger partial charge in [-0.25, -0.2) is 13.2 Å². The summed E-state index contributed by atoms with van der Waals surface area (Å²) >= 11 is 0. The highest BCUT2D eigenvalue weighted by molar-refractivity contribution is 7.88. The molecule has 2 amide bonds. The van der Waals surface area contributed by atoms with E-state index >= 15 is 0 Å². The standard InChI is InChI=1S/C15H19N5O3S/c1-24(22,23)20-9-7-19(8-10-20)15(21)17-13-4-2-3-12(11-13)14-5-6-16-18-14/h2-6,11H,7-10H2,1H3,(H,16,18)(H,17,21). The van der Waals surface area contributed by atoms with Crippen LogP contribution in [-0.2, 0) is 10.0 Å². The molecule has 0 bridgehead atoms. The summed E-state index contributed by atoms with van der Waals surface area (Å²) in [5, 5.41) is 9.65. The number of nitrogens with zero attached hydrogens (tertiary/aromatic N) is 3. The molecule has 1 saturated heterocycles. The van der Waals surface area contributed by atoms with E-state index in [-0.39, 0.29) is 6.03 Å². The van der Waals surface area contributed by atoms with Crippen molar-refractivity contribution in [2.45, 2.75) is 0 Å². The van der Waals surface area contributed by atoms with Crippen LogP contribution in [0, 0.1) is 0 Å². The van der Waals surface area contributed by atoms with Crippen LogP contribution in [0.5, 0.6) is 0 Å². The normalized spacial score (nSPS) is 16.1. The van der Waals surface area contributed by atoms with Crippen LogP contribution in [0.1, 0.15) is 0 Å². The number of H-pyrrole nitrogens is 1. The maximum absolute atomic E-state index is 12.3. The molecule has 1 aliphatic rings. The molecule has 8 nitrogen and oxygen atoms in total. The Morgan fingerprint density at radius 2 is 1.96 bits per heavy atom. The zero-order valence-electron chi connectivity index (χ0n) is 13.3. The molecule has 0 atom stereocenters. The van der Waals surface area contributed by atoms with Gasteiger partial charge in [0.15, 0.2) is 0 Å². The predicted octanol–water partition coefficient (Wildman–Crippen LogP) is 1.19. The number of urea groups is 1. The Kier molecular flexibility index (Phi) is 4.54. The molecule has 0 radical (unpaired) electrons. The molecule has 1 aromatic heterocycles. The van der Waals surface area contributed by atoms with E-state index in [1.54, 1.807) is 11.1 Å². The van der Waals surface area contributed by atoms with Gasteiger partial charge in [-0.1, -0.05) is 12.1 Å². The zero-order valence-corrected chi connectivity index (χ0v) is 14.1. The van der Waals surface area contributed by atoms with Crippen molar-refractivity contribution in [3.8, 4) is 11.3 Å². The third-order valence-electron chi connectivity index (χ3n) is 3.92. The van der Waals surface area contributed by atoms with Gasteiger partial charge in [0, 0.05) is 43.6 Å². The Morgan fingerprint density at radius 1 is 1.21 bits per heavy atom. The third-order valence-corrected chi connectivity index (χ3v) is 5.22.